The first-order chi connectivity index (χ1) is 12.6. The predicted octanol–water partition coefficient (Wildman–Crippen LogP) is -0.592. The van der Waals surface area contributed by atoms with E-state index in [9.17, 15) is 24.3 Å². The summed E-state index contributed by atoms with van der Waals surface area (Å²) in [6, 6.07) is -3.09. The summed E-state index contributed by atoms with van der Waals surface area (Å²) in [5, 5.41) is 22.9. The van der Waals surface area contributed by atoms with E-state index in [-0.39, 0.29) is 25.2 Å². The van der Waals surface area contributed by atoms with Gasteiger partial charge in [0.1, 0.15) is 12.1 Å². The summed E-state index contributed by atoms with van der Waals surface area (Å²) < 4.78 is 0. The van der Waals surface area contributed by atoms with Crippen LogP contribution in [0.4, 0.5) is 0 Å². The SMILES string of the molecule is CC(C)C[C@H](NC(=O)[C@@H](N)CCC(=O)O)C(=O)N[C@H](CCCCN)C(=O)O. The van der Waals surface area contributed by atoms with Crippen molar-refractivity contribution < 1.29 is 29.4 Å². The minimum Gasteiger partial charge on any atom is -0.481 e. The average molecular weight is 388 g/mol. The van der Waals surface area contributed by atoms with Crippen molar-refractivity contribution in [2.24, 2.45) is 17.4 Å². The van der Waals surface area contributed by atoms with Crippen LogP contribution in [0.5, 0.6) is 0 Å². The van der Waals surface area contributed by atoms with Crippen molar-refractivity contribution in [2.75, 3.05) is 6.54 Å². The first kappa shape index (κ1) is 24.8. The fourth-order valence-corrected chi connectivity index (χ4v) is 2.41. The Labute approximate surface area is 159 Å². The molecule has 0 aromatic rings. The van der Waals surface area contributed by atoms with Crippen LogP contribution in [0.3, 0.4) is 0 Å². The van der Waals surface area contributed by atoms with E-state index in [2.05, 4.69) is 10.6 Å². The summed E-state index contributed by atoms with van der Waals surface area (Å²) in [5.41, 5.74) is 11.1. The van der Waals surface area contributed by atoms with Gasteiger partial charge in [0.2, 0.25) is 11.8 Å². The van der Waals surface area contributed by atoms with Gasteiger partial charge in [0, 0.05) is 6.42 Å². The molecule has 0 heterocycles. The van der Waals surface area contributed by atoms with Gasteiger partial charge in [-0.25, -0.2) is 4.79 Å². The highest BCUT2D eigenvalue weighted by Gasteiger charge is 2.28. The van der Waals surface area contributed by atoms with Gasteiger partial charge in [-0.2, -0.15) is 0 Å². The second-order valence-corrected chi connectivity index (χ2v) is 6.91. The molecule has 0 aliphatic carbocycles. The molecule has 10 heteroatoms. The molecule has 0 fully saturated rings. The maximum Gasteiger partial charge on any atom is 0.326 e. The zero-order chi connectivity index (χ0) is 21.0. The molecule has 0 spiro atoms. The number of carbonyl (C=O) groups is 4. The Bertz CT molecular complexity index is 512. The Kier molecular flexibility index (Phi) is 12.0. The normalized spacial score (nSPS) is 14.3. The quantitative estimate of drug-likeness (QED) is 0.213. The molecule has 0 aromatic heterocycles. The van der Waals surface area contributed by atoms with E-state index in [4.69, 9.17) is 16.6 Å². The molecule has 10 nitrogen and oxygen atoms in total. The average Bonchev–Trinajstić information content (AvgIpc) is 2.57. The van der Waals surface area contributed by atoms with Crippen molar-refractivity contribution in [1.82, 2.24) is 10.6 Å². The molecule has 0 aliphatic heterocycles. The molecule has 0 bridgehead atoms. The highest BCUT2D eigenvalue weighted by Crippen LogP contribution is 2.08. The molecular weight excluding hydrogens is 356 g/mol. The fourth-order valence-electron chi connectivity index (χ4n) is 2.41. The number of carboxylic acids is 2. The van der Waals surface area contributed by atoms with Gasteiger partial charge >= 0.3 is 11.9 Å². The molecule has 8 N–H and O–H groups in total. The zero-order valence-corrected chi connectivity index (χ0v) is 15.9. The minimum atomic E-state index is -1.16. The number of nitrogens with one attached hydrogen (secondary N) is 2. The molecule has 0 rings (SSSR count). The number of hydrogen-bond donors (Lipinski definition) is 6. The van der Waals surface area contributed by atoms with Crippen LogP contribution in [0.2, 0.25) is 0 Å². The number of unbranched alkanes of at least 4 members (excludes halogenated alkanes) is 1. The summed E-state index contributed by atoms with van der Waals surface area (Å²) >= 11 is 0. The second-order valence-electron chi connectivity index (χ2n) is 6.91. The number of carbonyl (C=O) groups excluding carboxylic acids is 2. The van der Waals surface area contributed by atoms with Crippen molar-refractivity contribution in [3.05, 3.63) is 0 Å². The van der Waals surface area contributed by atoms with Gasteiger partial charge in [-0.1, -0.05) is 13.8 Å². The largest absolute Gasteiger partial charge is 0.481 e. The van der Waals surface area contributed by atoms with E-state index >= 15 is 0 Å². The standard InChI is InChI=1S/C17H32N4O6/c1-10(2)9-13(21-15(24)11(19)6-7-14(22)23)16(25)20-12(17(26)27)5-3-4-8-18/h10-13H,3-9,18-19H2,1-2H3,(H,20,25)(H,21,24)(H,22,23)(H,26,27)/t11-,12+,13-/m0/s1. The van der Waals surface area contributed by atoms with Gasteiger partial charge in [-0.05, 0) is 44.6 Å². The summed E-state index contributed by atoms with van der Waals surface area (Å²) in [5.74, 6) is -3.43. The van der Waals surface area contributed by atoms with Gasteiger partial charge in [-0.3, -0.25) is 14.4 Å². The summed E-state index contributed by atoms with van der Waals surface area (Å²) in [6.07, 6.45) is 1.39. The molecule has 156 valence electrons. The molecule has 0 aromatic carbocycles. The Morgan fingerprint density at radius 3 is 2.00 bits per heavy atom. The maximum atomic E-state index is 12.5. The Balaban J connectivity index is 4.93. The van der Waals surface area contributed by atoms with Crippen molar-refractivity contribution in [1.29, 1.82) is 0 Å². The van der Waals surface area contributed by atoms with Gasteiger partial charge in [0.05, 0.1) is 6.04 Å². The molecule has 3 atom stereocenters. The van der Waals surface area contributed by atoms with E-state index < -0.39 is 41.9 Å². The Hall–Kier alpha value is -2.20. The minimum absolute atomic E-state index is 0.0526. The van der Waals surface area contributed by atoms with Crippen LogP contribution in [-0.2, 0) is 19.2 Å². The molecule has 0 saturated carbocycles. The summed E-state index contributed by atoms with van der Waals surface area (Å²) in [4.78, 5) is 46.6. The highest BCUT2D eigenvalue weighted by molar-refractivity contribution is 5.91. The van der Waals surface area contributed by atoms with E-state index in [0.29, 0.717) is 25.8 Å². The van der Waals surface area contributed by atoms with E-state index in [1.807, 2.05) is 13.8 Å². The van der Waals surface area contributed by atoms with Crippen LogP contribution in [0.15, 0.2) is 0 Å². The van der Waals surface area contributed by atoms with Gasteiger partial charge in [-0.15, -0.1) is 0 Å². The lowest BCUT2D eigenvalue weighted by atomic mass is 10.0. The van der Waals surface area contributed by atoms with Gasteiger partial charge < -0.3 is 32.3 Å². The lowest BCUT2D eigenvalue weighted by Crippen LogP contribution is -2.54. The van der Waals surface area contributed by atoms with Crippen molar-refractivity contribution in [3.63, 3.8) is 0 Å². The first-order valence-electron chi connectivity index (χ1n) is 9.09. The predicted molar refractivity (Wildman–Crippen MR) is 98.7 cm³/mol. The number of aliphatic carboxylic acids is 2. The van der Waals surface area contributed by atoms with Crippen LogP contribution >= 0.6 is 0 Å². The monoisotopic (exact) mass is 388 g/mol. The van der Waals surface area contributed by atoms with Crippen LogP contribution in [0.25, 0.3) is 0 Å². The molecule has 0 unspecified atom stereocenters. The maximum absolute atomic E-state index is 12.5. The smallest absolute Gasteiger partial charge is 0.326 e. The summed E-state index contributed by atoms with van der Waals surface area (Å²) in [7, 11) is 0. The Morgan fingerprint density at radius 2 is 1.52 bits per heavy atom. The number of rotatable bonds is 14. The van der Waals surface area contributed by atoms with Crippen LogP contribution in [0, 0.1) is 5.92 Å². The highest BCUT2D eigenvalue weighted by atomic mass is 16.4. The number of amides is 2. The molecule has 27 heavy (non-hydrogen) atoms. The zero-order valence-electron chi connectivity index (χ0n) is 15.9. The molecule has 0 aliphatic rings. The third kappa shape index (κ3) is 11.2. The topological polar surface area (TPSA) is 185 Å². The summed E-state index contributed by atoms with van der Waals surface area (Å²) in [6.45, 7) is 4.14. The van der Waals surface area contributed by atoms with Crippen molar-refractivity contribution in [3.8, 4) is 0 Å². The number of nitrogens with two attached hydrogens (primary N) is 2. The third-order valence-corrected chi connectivity index (χ3v) is 3.91. The van der Waals surface area contributed by atoms with E-state index in [1.54, 1.807) is 0 Å². The van der Waals surface area contributed by atoms with Gasteiger partial charge in [0.25, 0.3) is 0 Å². The fraction of sp³-hybridized carbons (Fsp3) is 0.765. The Morgan fingerprint density at radius 1 is 0.926 bits per heavy atom. The first-order valence-corrected chi connectivity index (χ1v) is 9.09. The van der Waals surface area contributed by atoms with Crippen LogP contribution in [-0.4, -0.2) is 58.6 Å². The van der Waals surface area contributed by atoms with Crippen LogP contribution in [0.1, 0.15) is 52.4 Å². The van der Waals surface area contributed by atoms with Crippen molar-refractivity contribution in [2.45, 2.75) is 70.5 Å². The van der Waals surface area contributed by atoms with Crippen LogP contribution < -0.4 is 22.1 Å². The number of carboxylic acid groups (broad SMARTS) is 2. The molecule has 2 amide bonds. The molecule has 0 radical (unpaired) electrons. The van der Waals surface area contributed by atoms with Gasteiger partial charge in [0.15, 0.2) is 0 Å². The second kappa shape index (κ2) is 13.0. The van der Waals surface area contributed by atoms with E-state index in [0.717, 1.165) is 0 Å². The van der Waals surface area contributed by atoms with E-state index in [1.165, 1.54) is 0 Å². The molecular formula is C17H32N4O6. The lowest BCUT2D eigenvalue weighted by molar-refractivity contribution is -0.142. The molecule has 0 saturated heterocycles. The van der Waals surface area contributed by atoms with Crippen molar-refractivity contribution >= 4 is 23.8 Å². The lowest BCUT2D eigenvalue weighted by Gasteiger charge is -2.24. The number of hydrogen-bond acceptors (Lipinski definition) is 6. The third-order valence-electron chi connectivity index (χ3n) is 3.91.